The summed E-state index contributed by atoms with van der Waals surface area (Å²) >= 11 is 1.24. The molecule has 0 aliphatic heterocycles. The lowest BCUT2D eigenvalue weighted by Crippen LogP contribution is -2.16. The normalized spacial score (nSPS) is 11.2. The molecule has 0 fully saturated rings. The van der Waals surface area contributed by atoms with Crippen molar-refractivity contribution >= 4 is 33.0 Å². The lowest BCUT2D eigenvalue weighted by molar-refractivity contribution is 0.102. The van der Waals surface area contributed by atoms with Crippen LogP contribution in [-0.2, 0) is 10.0 Å². The molecule has 3 N–H and O–H groups in total. The molecule has 0 atom stereocenters. The molecule has 0 aliphatic carbocycles. The number of sulfonamides is 1. The van der Waals surface area contributed by atoms with E-state index in [9.17, 15) is 13.2 Å². The van der Waals surface area contributed by atoms with Crippen molar-refractivity contribution in [2.24, 2.45) is 5.14 Å². The molecule has 0 spiro atoms. The number of benzene rings is 1. The van der Waals surface area contributed by atoms with Crippen LogP contribution in [0.3, 0.4) is 0 Å². The third-order valence-electron chi connectivity index (χ3n) is 2.89. The quantitative estimate of drug-likeness (QED) is 0.897. The van der Waals surface area contributed by atoms with Crippen LogP contribution in [0, 0.1) is 6.92 Å². The van der Waals surface area contributed by atoms with E-state index in [1.165, 1.54) is 30.6 Å². The van der Waals surface area contributed by atoms with Crippen molar-refractivity contribution < 1.29 is 17.9 Å². The maximum atomic E-state index is 12.2. The van der Waals surface area contributed by atoms with E-state index in [0.717, 1.165) is 0 Å². The predicted octanol–water partition coefficient (Wildman–Crippen LogP) is 1.96. The van der Waals surface area contributed by atoms with E-state index < -0.39 is 10.0 Å². The molecule has 0 bridgehead atoms. The SMILES string of the molecule is COc1ccsc1C(=O)Nc1cccc(S(N)(=O)=O)c1C. The van der Waals surface area contributed by atoms with E-state index in [1.54, 1.807) is 24.4 Å². The molecule has 2 rings (SSSR count). The Morgan fingerprint density at radius 2 is 2.05 bits per heavy atom. The third kappa shape index (κ3) is 3.23. The smallest absolute Gasteiger partial charge is 0.269 e. The number of nitrogens with one attached hydrogen (secondary N) is 1. The largest absolute Gasteiger partial charge is 0.495 e. The Hall–Kier alpha value is -1.90. The van der Waals surface area contributed by atoms with Gasteiger partial charge < -0.3 is 10.1 Å². The van der Waals surface area contributed by atoms with Crippen molar-refractivity contribution in [1.82, 2.24) is 0 Å². The predicted molar refractivity (Wildman–Crippen MR) is 81.4 cm³/mol. The van der Waals surface area contributed by atoms with Crippen LogP contribution in [0.5, 0.6) is 5.75 Å². The molecule has 1 aromatic carbocycles. The van der Waals surface area contributed by atoms with Crippen LogP contribution < -0.4 is 15.2 Å². The van der Waals surface area contributed by atoms with Gasteiger partial charge in [0.25, 0.3) is 5.91 Å². The molecule has 0 saturated heterocycles. The zero-order valence-electron chi connectivity index (χ0n) is 11.4. The summed E-state index contributed by atoms with van der Waals surface area (Å²) in [7, 11) is -2.35. The fraction of sp³-hybridized carbons (Fsp3) is 0.154. The van der Waals surface area contributed by atoms with Gasteiger partial charge >= 0.3 is 0 Å². The first kappa shape index (κ1) is 15.5. The number of carbonyl (C=O) groups is 1. The summed E-state index contributed by atoms with van der Waals surface area (Å²) in [5.41, 5.74) is 0.783. The monoisotopic (exact) mass is 326 g/mol. The number of primary sulfonamides is 1. The first-order valence-electron chi connectivity index (χ1n) is 5.90. The Morgan fingerprint density at radius 1 is 1.33 bits per heavy atom. The molecule has 6 nitrogen and oxygen atoms in total. The molecule has 1 heterocycles. The molecule has 0 saturated carbocycles. The molecule has 0 radical (unpaired) electrons. The number of hydrogen-bond acceptors (Lipinski definition) is 5. The minimum atomic E-state index is -3.83. The zero-order valence-corrected chi connectivity index (χ0v) is 13.0. The van der Waals surface area contributed by atoms with Gasteiger partial charge in [-0.25, -0.2) is 13.6 Å². The summed E-state index contributed by atoms with van der Waals surface area (Å²) in [4.78, 5) is 12.6. The topological polar surface area (TPSA) is 98.5 Å². The van der Waals surface area contributed by atoms with E-state index in [2.05, 4.69) is 5.32 Å². The summed E-state index contributed by atoms with van der Waals surface area (Å²) in [6.07, 6.45) is 0. The van der Waals surface area contributed by atoms with Crippen LogP contribution in [0.25, 0.3) is 0 Å². The number of methoxy groups -OCH3 is 1. The van der Waals surface area contributed by atoms with Crippen LogP contribution in [0.15, 0.2) is 34.5 Å². The van der Waals surface area contributed by atoms with Crippen molar-refractivity contribution in [2.75, 3.05) is 12.4 Å². The molecule has 0 aliphatic rings. The second-order valence-corrected chi connectivity index (χ2v) is 6.69. The van der Waals surface area contributed by atoms with Crippen LogP contribution >= 0.6 is 11.3 Å². The van der Waals surface area contributed by atoms with Crippen molar-refractivity contribution in [1.29, 1.82) is 0 Å². The number of ether oxygens (including phenoxy) is 1. The van der Waals surface area contributed by atoms with Crippen molar-refractivity contribution in [3.8, 4) is 5.75 Å². The van der Waals surface area contributed by atoms with E-state index >= 15 is 0 Å². The van der Waals surface area contributed by atoms with E-state index in [4.69, 9.17) is 9.88 Å². The Labute approximate surface area is 126 Å². The maximum Gasteiger partial charge on any atom is 0.269 e. The number of thiophene rings is 1. The number of hydrogen-bond donors (Lipinski definition) is 2. The van der Waals surface area contributed by atoms with Gasteiger partial charge in [-0.2, -0.15) is 0 Å². The lowest BCUT2D eigenvalue weighted by Gasteiger charge is -2.11. The molecule has 1 amide bonds. The first-order valence-corrected chi connectivity index (χ1v) is 8.32. The zero-order chi connectivity index (χ0) is 15.6. The van der Waals surface area contributed by atoms with Gasteiger partial charge in [-0.1, -0.05) is 6.07 Å². The fourth-order valence-electron chi connectivity index (χ4n) is 1.86. The van der Waals surface area contributed by atoms with Gasteiger partial charge in [0.15, 0.2) is 0 Å². The summed E-state index contributed by atoms with van der Waals surface area (Å²) in [5, 5.41) is 9.55. The van der Waals surface area contributed by atoms with Gasteiger partial charge in [0.1, 0.15) is 10.6 Å². The van der Waals surface area contributed by atoms with Gasteiger partial charge in [-0.15, -0.1) is 11.3 Å². The van der Waals surface area contributed by atoms with Crippen molar-refractivity contribution in [2.45, 2.75) is 11.8 Å². The lowest BCUT2D eigenvalue weighted by atomic mass is 10.2. The molecule has 112 valence electrons. The van der Waals surface area contributed by atoms with Crippen molar-refractivity contribution in [3.05, 3.63) is 40.1 Å². The number of rotatable bonds is 4. The van der Waals surface area contributed by atoms with E-state index in [0.29, 0.717) is 21.9 Å². The van der Waals surface area contributed by atoms with Crippen LogP contribution in [0.2, 0.25) is 0 Å². The molecular formula is C13H14N2O4S2. The standard InChI is InChI=1S/C13H14N2O4S2/c1-8-9(4-3-5-11(8)21(14,17)18)15-13(16)12-10(19-2)6-7-20-12/h3-7H,1-2H3,(H,15,16)(H2,14,17,18). The maximum absolute atomic E-state index is 12.2. The highest BCUT2D eigenvalue weighted by atomic mass is 32.2. The minimum absolute atomic E-state index is 0.0153. The van der Waals surface area contributed by atoms with Crippen LogP contribution in [0.4, 0.5) is 5.69 Å². The highest BCUT2D eigenvalue weighted by Gasteiger charge is 2.18. The van der Waals surface area contributed by atoms with Gasteiger partial charge in [0.2, 0.25) is 10.0 Å². The number of nitrogens with two attached hydrogens (primary N) is 1. The Balaban J connectivity index is 2.35. The van der Waals surface area contributed by atoms with Gasteiger partial charge in [-0.05, 0) is 36.1 Å². The second-order valence-electron chi connectivity index (χ2n) is 4.25. The first-order chi connectivity index (χ1) is 9.84. The fourth-order valence-corrected chi connectivity index (χ4v) is 3.42. The molecule has 2 aromatic rings. The summed E-state index contributed by atoms with van der Waals surface area (Å²) < 4.78 is 28.0. The highest BCUT2D eigenvalue weighted by molar-refractivity contribution is 7.89. The minimum Gasteiger partial charge on any atom is -0.495 e. The number of carbonyl (C=O) groups excluding carboxylic acids is 1. The highest BCUT2D eigenvalue weighted by Crippen LogP contribution is 2.27. The Kier molecular flexibility index (Phi) is 4.31. The number of anilines is 1. The van der Waals surface area contributed by atoms with Gasteiger partial charge in [-0.3, -0.25) is 4.79 Å². The Morgan fingerprint density at radius 3 is 2.67 bits per heavy atom. The molecule has 0 unspecified atom stereocenters. The Bertz CT molecular complexity index is 781. The molecule has 8 heteroatoms. The molecule has 1 aromatic heterocycles. The second kappa shape index (κ2) is 5.84. The van der Waals surface area contributed by atoms with Gasteiger partial charge in [0.05, 0.1) is 12.0 Å². The van der Waals surface area contributed by atoms with Crippen LogP contribution in [-0.4, -0.2) is 21.4 Å². The third-order valence-corrected chi connectivity index (χ3v) is 4.84. The van der Waals surface area contributed by atoms with Crippen LogP contribution in [0.1, 0.15) is 15.2 Å². The summed E-state index contributed by atoms with van der Waals surface area (Å²) in [5.74, 6) is 0.106. The average molecular weight is 326 g/mol. The van der Waals surface area contributed by atoms with E-state index in [1.807, 2.05) is 0 Å². The molecular weight excluding hydrogens is 312 g/mol. The van der Waals surface area contributed by atoms with E-state index in [-0.39, 0.29) is 10.8 Å². The summed E-state index contributed by atoms with van der Waals surface area (Å²) in [6.45, 7) is 1.58. The molecule has 21 heavy (non-hydrogen) atoms. The summed E-state index contributed by atoms with van der Waals surface area (Å²) in [6, 6.07) is 6.22. The number of amides is 1. The van der Waals surface area contributed by atoms with Gasteiger partial charge in [0, 0.05) is 5.69 Å². The van der Waals surface area contributed by atoms with Crippen molar-refractivity contribution in [3.63, 3.8) is 0 Å². The average Bonchev–Trinajstić information content (AvgIpc) is 2.88.